The number of pyridine rings is 1. The zero-order chi connectivity index (χ0) is 24.3. The Labute approximate surface area is 197 Å². The number of alkyl halides is 3. The average Bonchev–Trinajstić information content (AvgIpc) is 2.72. The fourth-order valence-corrected chi connectivity index (χ4v) is 3.52. The Bertz CT molecular complexity index is 1200. The number of hydrogen-bond donors (Lipinski definition) is 1. The number of benzene rings is 2. The molecule has 1 heterocycles. The van der Waals surface area contributed by atoms with Crippen molar-refractivity contribution in [3.8, 4) is 5.75 Å². The maximum atomic E-state index is 13.5. The highest BCUT2D eigenvalue weighted by molar-refractivity contribution is 6.36. The molecule has 0 atom stereocenters. The van der Waals surface area contributed by atoms with Crippen molar-refractivity contribution in [2.24, 2.45) is 0 Å². The van der Waals surface area contributed by atoms with E-state index in [0.29, 0.717) is 18.0 Å². The highest BCUT2D eigenvalue weighted by Crippen LogP contribution is 2.31. The molecule has 0 bridgehead atoms. The molecule has 0 aliphatic carbocycles. The minimum absolute atomic E-state index is 0.0696. The lowest BCUT2D eigenvalue weighted by Crippen LogP contribution is -2.28. The topological polar surface area (TPSA) is 60.3 Å². The summed E-state index contributed by atoms with van der Waals surface area (Å²) in [6.45, 7) is 3.37. The Morgan fingerprint density at radius 3 is 2.24 bits per heavy atom. The Morgan fingerprint density at radius 2 is 1.70 bits per heavy atom. The van der Waals surface area contributed by atoms with Crippen LogP contribution in [-0.4, -0.2) is 16.6 Å². The summed E-state index contributed by atoms with van der Waals surface area (Å²) < 4.78 is 46.8. The van der Waals surface area contributed by atoms with Crippen LogP contribution in [0.2, 0.25) is 10.0 Å². The number of carbonyl (C=O) groups excluding carboxylic acids is 1. The highest BCUT2D eigenvalue weighted by Gasteiger charge is 2.32. The van der Waals surface area contributed by atoms with Crippen molar-refractivity contribution in [3.63, 3.8) is 0 Å². The zero-order valence-electron chi connectivity index (χ0n) is 17.5. The van der Waals surface area contributed by atoms with Crippen molar-refractivity contribution >= 4 is 34.8 Å². The third-order valence-corrected chi connectivity index (χ3v) is 5.25. The van der Waals surface area contributed by atoms with Gasteiger partial charge in [0, 0.05) is 27.4 Å². The maximum absolute atomic E-state index is 13.5. The predicted molar refractivity (Wildman–Crippen MR) is 121 cm³/mol. The Morgan fingerprint density at radius 1 is 1.09 bits per heavy atom. The van der Waals surface area contributed by atoms with E-state index in [1.165, 1.54) is 24.3 Å². The van der Waals surface area contributed by atoms with Crippen LogP contribution in [-0.2, 0) is 12.7 Å². The number of carbonyl (C=O) groups is 1. The molecule has 0 saturated heterocycles. The number of aromatic nitrogens is 1. The summed E-state index contributed by atoms with van der Waals surface area (Å²) in [6.07, 6.45) is -4.16. The number of nitrogens with zero attached hydrogens (tertiary/aromatic N) is 1. The van der Waals surface area contributed by atoms with Crippen LogP contribution >= 0.6 is 23.2 Å². The average molecular weight is 499 g/mol. The molecule has 5 nitrogen and oxygen atoms in total. The van der Waals surface area contributed by atoms with E-state index in [2.05, 4.69) is 5.32 Å². The van der Waals surface area contributed by atoms with E-state index >= 15 is 0 Å². The van der Waals surface area contributed by atoms with Crippen molar-refractivity contribution in [2.45, 2.75) is 32.7 Å². The number of halogens is 5. The second kappa shape index (κ2) is 9.89. The Hall–Kier alpha value is -2.97. The summed E-state index contributed by atoms with van der Waals surface area (Å²) >= 11 is 12.2. The lowest BCUT2D eigenvalue weighted by Gasteiger charge is -2.16. The molecule has 0 radical (unpaired) electrons. The summed E-state index contributed by atoms with van der Waals surface area (Å²) in [6, 6.07) is 11.2. The van der Waals surface area contributed by atoms with Crippen LogP contribution < -0.4 is 15.6 Å². The quantitative estimate of drug-likeness (QED) is 0.436. The molecule has 3 aromatic rings. The molecule has 0 unspecified atom stereocenters. The number of ether oxygens (including phenoxy) is 1. The molecule has 10 heteroatoms. The van der Waals surface area contributed by atoms with Crippen molar-refractivity contribution in [1.29, 1.82) is 0 Å². The first-order valence-corrected chi connectivity index (χ1v) is 10.5. The van der Waals surface area contributed by atoms with Crippen LogP contribution in [0.3, 0.4) is 0 Å². The van der Waals surface area contributed by atoms with Crippen LogP contribution in [0.5, 0.6) is 5.75 Å². The fraction of sp³-hybridized carbons (Fsp3) is 0.217. The Kier molecular flexibility index (Phi) is 7.39. The van der Waals surface area contributed by atoms with E-state index in [0.717, 1.165) is 4.57 Å². The van der Waals surface area contributed by atoms with Gasteiger partial charge in [-0.3, -0.25) is 9.59 Å². The van der Waals surface area contributed by atoms with Crippen LogP contribution in [0.4, 0.5) is 18.9 Å². The van der Waals surface area contributed by atoms with E-state index < -0.39 is 28.9 Å². The summed E-state index contributed by atoms with van der Waals surface area (Å²) in [5.41, 5.74) is -2.06. The summed E-state index contributed by atoms with van der Waals surface area (Å²) in [5, 5.41) is 2.67. The number of hydrogen-bond acceptors (Lipinski definition) is 3. The van der Waals surface area contributed by atoms with Crippen LogP contribution in [0.15, 0.2) is 59.5 Å². The molecule has 0 aliphatic rings. The van der Waals surface area contributed by atoms with E-state index in [1.54, 1.807) is 18.2 Å². The van der Waals surface area contributed by atoms with E-state index in [-0.39, 0.29) is 33.8 Å². The largest absolute Gasteiger partial charge is 0.491 e. The van der Waals surface area contributed by atoms with Crippen LogP contribution in [0, 0.1) is 0 Å². The van der Waals surface area contributed by atoms with Gasteiger partial charge >= 0.3 is 6.18 Å². The number of rotatable bonds is 6. The van der Waals surface area contributed by atoms with Crippen molar-refractivity contribution in [1.82, 2.24) is 4.57 Å². The van der Waals surface area contributed by atoms with Gasteiger partial charge < -0.3 is 14.6 Å². The first-order chi connectivity index (χ1) is 15.5. The molecular weight excluding hydrogens is 480 g/mol. The van der Waals surface area contributed by atoms with Crippen LogP contribution in [0.25, 0.3) is 0 Å². The molecule has 0 fully saturated rings. The third kappa shape index (κ3) is 6.09. The molecule has 0 aliphatic heterocycles. The third-order valence-electron chi connectivity index (χ3n) is 4.54. The van der Waals surface area contributed by atoms with Gasteiger partial charge in [0.15, 0.2) is 0 Å². The van der Waals surface area contributed by atoms with Gasteiger partial charge in [-0.15, -0.1) is 0 Å². The first kappa shape index (κ1) is 24.7. The summed E-state index contributed by atoms with van der Waals surface area (Å²) in [5.74, 6) is -0.218. The van der Waals surface area contributed by atoms with Gasteiger partial charge in [-0.05, 0) is 56.3 Å². The van der Waals surface area contributed by atoms with Gasteiger partial charge in [0.05, 0.1) is 18.2 Å². The second-order valence-corrected chi connectivity index (χ2v) is 8.23. The summed E-state index contributed by atoms with van der Waals surface area (Å²) in [4.78, 5) is 25.5. The van der Waals surface area contributed by atoms with E-state index in [4.69, 9.17) is 27.9 Å². The minimum Gasteiger partial charge on any atom is -0.491 e. The van der Waals surface area contributed by atoms with Gasteiger partial charge in [0.2, 0.25) is 0 Å². The van der Waals surface area contributed by atoms with Crippen molar-refractivity contribution in [2.75, 3.05) is 5.32 Å². The fourth-order valence-electron chi connectivity index (χ4n) is 3.00. The molecule has 1 amide bonds. The smallest absolute Gasteiger partial charge is 0.417 e. The van der Waals surface area contributed by atoms with Crippen molar-refractivity contribution in [3.05, 3.63) is 91.8 Å². The van der Waals surface area contributed by atoms with Gasteiger partial charge in [-0.2, -0.15) is 13.2 Å². The van der Waals surface area contributed by atoms with E-state index in [9.17, 15) is 22.8 Å². The molecule has 2 aromatic carbocycles. The molecule has 33 heavy (non-hydrogen) atoms. The van der Waals surface area contributed by atoms with Crippen molar-refractivity contribution < 1.29 is 22.7 Å². The number of nitrogens with one attached hydrogen (secondary N) is 1. The molecule has 1 aromatic heterocycles. The highest BCUT2D eigenvalue weighted by atomic mass is 35.5. The molecule has 3 rings (SSSR count). The normalized spacial score (nSPS) is 11.5. The monoisotopic (exact) mass is 498 g/mol. The molecule has 1 N–H and O–H groups in total. The van der Waals surface area contributed by atoms with E-state index in [1.807, 2.05) is 13.8 Å². The second-order valence-electron chi connectivity index (χ2n) is 7.42. The van der Waals surface area contributed by atoms with Gasteiger partial charge in [0.1, 0.15) is 11.4 Å². The predicted octanol–water partition coefficient (Wildman–Crippen LogP) is 6.26. The molecular formula is C23H19Cl2F3N2O3. The standard InChI is InChI=1S/C23H19Cl2F3N2O3/c1-13(2)33-16-8-6-14(7-9-16)21(31)29-20-10-15(23(26,27)28)11-30(22(20)32)12-17-18(24)4-3-5-19(17)25/h3-11,13H,12H2,1-2H3,(H,29,31). The minimum atomic E-state index is -4.75. The summed E-state index contributed by atoms with van der Waals surface area (Å²) in [7, 11) is 0. The molecule has 0 spiro atoms. The first-order valence-electron chi connectivity index (χ1n) is 9.78. The zero-order valence-corrected chi connectivity index (χ0v) is 19.1. The van der Waals surface area contributed by atoms with Gasteiger partial charge in [-0.1, -0.05) is 29.3 Å². The number of amides is 1. The van der Waals surface area contributed by atoms with Gasteiger partial charge in [-0.25, -0.2) is 0 Å². The number of anilines is 1. The lowest BCUT2D eigenvalue weighted by atomic mass is 10.1. The molecule has 174 valence electrons. The lowest BCUT2D eigenvalue weighted by molar-refractivity contribution is -0.138. The maximum Gasteiger partial charge on any atom is 0.417 e. The molecule has 0 saturated carbocycles. The SMILES string of the molecule is CC(C)Oc1ccc(C(=O)Nc2cc(C(F)(F)F)cn(Cc3c(Cl)cccc3Cl)c2=O)cc1. The van der Waals surface area contributed by atoms with Crippen LogP contribution in [0.1, 0.15) is 35.3 Å². The Balaban J connectivity index is 1.96. The van der Waals surface area contributed by atoms with Gasteiger partial charge in [0.25, 0.3) is 11.5 Å².